The highest BCUT2D eigenvalue weighted by Gasteiger charge is 2.20. The molecule has 1 amide bonds. The fraction of sp³-hybridized carbons (Fsp3) is 0.182. The van der Waals surface area contributed by atoms with Crippen molar-refractivity contribution < 1.29 is 14.3 Å². The summed E-state index contributed by atoms with van der Waals surface area (Å²) in [7, 11) is 3.20. The Balaban J connectivity index is 1.96. The van der Waals surface area contributed by atoms with E-state index >= 15 is 0 Å². The van der Waals surface area contributed by atoms with Crippen molar-refractivity contribution in [2.75, 3.05) is 14.2 Å². The number of hydrogen-bond donors (Lipinski definition) is 2. The molecule has 6 heteroatoms. The summed E-state index contributed by atoms with van der Waals surface area (Å²) in [5.41, 5.74) is 2.08. The zero-order valence-electron chi connectivity index (χ0n) is 16.0. The number of aromatic nitrogens is 1. The number of benzene rings is 2. The first-order valence-corrected chi connectivity index (χ1v) is 8.80. The number of aryl methyl sites for hydroxylation is 1. The van der Waals surface area contributed by atoms with Crippen molar-refractivity contribution in [1.82, 2.24) is 10.3 Å². The number of methoxy groups -OCH3 is 2. The van der Waals surface area contributed by atoms with E-state index in [4.69, 9.17) is 9.47 Å². The predicted octanol–water partition coefficient (Wildman–Crippen LogP) is 3.22. The van der Waals surface area contributed by atoms with Gasteiger partial charge in [-0.15, -0.1) is 0 Å². The van der Waals surface area contributed by atoms with Crippen LogP contribution in [0, 0.1) is 6.92 Å². The predicted molar refractivity (Wildman–Crippen MR) is 107 cm³/mol. The lowest BCUT2D eigenvalue weighted by Gasteiger charge is -2.20. The number of rotatable bonds is 6. The van der Waals surface area contributed by atoms with Crippen molar-refractivity contribution in [3.05, 3.63) is 93.4 Å². The van der Waals surface area contributed by atoms with E-state index in [1.165, 1.54) is 6.07 Å². The van der Waals surface area contributed by atoms with Gasteiger partial charge in [-0.25, -0.2) is 0 Å². The lowest BCUT2D eigenvalue weighted by Crippen LogP contribution is -2.33. The number of nitrogens with one attached hydrogen (secondary N) is 2. The van der Waals surface area contributed by atoms with Crippen molar-refractivity contribution >= 4 is 5.91 Å². The minimum atomic E-state index is -0.446. The van der Waals surface area contributed by atoms with Crippen molar-refractivity contribution in [1.29, 1.82) is 0 Å². The molecule has 0 unspecified atom stereocenters. The average molecular weight is 378 g/mol. The SMILES string of the molecule is COc1ccc(C(NC(=O)c2ccc(C)[nH]c2=O)c2ccc(OC)cc2)cc1. The highest BCUT2D eigenvalue weighted by atomic mass is 16.5. The Bertz CT molecular complexity index is 960. The minimum Gasteiger partial charge on any atom is -0.497 e. The standard InChI is InChI=1S/C22H22N2O4/c1-14-4-13-19(21(25)23-14)22(26)24-20(15-5-9-17(27-2)10-6-15)16-7-11-18(28-3)12-8-16/h4-13,20H,1-3H3,(H,23,25)(H,24,26). The first-order valence-electron chi connectivity index (χ1n) is 8.80. The topological polar surface area (TPSA) is 80.4 Å². The van der Waals surface area contributed by atoms with Crippen LogP contribution in [0.5, 0.6) is 11.5 Å². The molecule has 1 heterocycles. The number of hydrogen-bond acceptors (Lipinski definition) is 4. The van der Waals surface area contributed by atoms with Crippen LogP contribution in [0.2, 0.25) is 0 Å². The van der Waals surface area contributed by atoms with E-state index < -0.39 is 17.5 Å². The average Bonchev–Trinajstić information content (AvgIpc) is 2.72. The van der Waals surface area contributed by atoms with Crippen LogP contribution in [0.15, 0.2) is 65.5 Å². The fourth-order valence-corrected chi connectivity index (χ4v) is 2.91. The zero-order valence-corrected chi connectivity index (χ0v) is 16.0. The summed E-state index contributed by atoms with van der Waals surface area (Å²) in [4.78, 5) is 27.6. The lowest BCUT2D eigenvalue weighted by atomic mass is 9.98. The summed E-state index contributed by atoms with van der Waals surface area (Å²) < 4.78 is 10.4. The smallest absolute Gasteiger partial charge is 0.260 e. The van der Waals surface area contributed by atoms with E-state index in [0.29, 0.717) is 5.69 Å². The molecule has 144 valence electrons. The molecule has 0 spiro atoms. The molecule has 0 saturated heterocycles. The van der Waals surface area contributed by atoms with Gasteiger partial charge in [0.25, 0.3) is 11.5 Å². The van der Waals surface area contributed by atoms with Crippen LogP contribution in [-0.2, 0) is 0 Å². The van der Waals surface area contributed by atoms with Gasteiger partial charge >= 0.3 is 0 Å². The summed E-state index contributed by atoms with van der Waals surface area (Å²) in [6, 6.07) is 17.6. The molecule has 0 radical (unpaired) electrons. The molecule has 0 aliphatic heterocycles. The Labute approximate surface area is 163 Å². The molecular formula is C22H22N2O4. The molecule has 0 aliphatic carbocycles. The number of ether oxygens (including phenoxy) is 2. The number of amides is 1. The van der Waals surface area contributed by atoms with Crippen LogP contribution in [0.25, 0.3) is 0 Å². The lowest BCUT2D eigenvalue weighted by molar-refractivity contribution is 0.0941. The van der Waals surface area contributed by atoms with Crippen LogP contribution in [0.3, 0.4) is 0 Å². The van der Waals surface area contributed by atoms with Gasteiger partial charge in [-0.2, -0.15) is 0 Å². The number of aromatic amines is 1. The highest BCUT2D eigenvalue weighted by molar-refractivity contribution is 5.94. The van der Waals surface area contributed by atoms with Gasteiger partial charge in [-0.3, -0.25) is 9.59 Å². The van der Waals surface area contributed by atoms with Gasteiger partial charge in [0.2, 0.25) is 0 Å². The maximum absolute atomic E-state index is 12.8. The maximum Gasteiger partial charge on any atom is 0.260 e. The summed E-state index contributed by atoms with van der Waals surface area (Å²) in [6.45, 7) is 1.76. The molecule has 3 rings (SSSR count). The van der Waals surface area contributed by atoms with Crippen molar-refractivity contribution in [3.8, 4) is 11.5 Å². The van der Waals surface area contributed by atoms with Gasteiger partial charge in [0, 0.05) is 5.69 Å². The molecule has 28 heavy (non-hydrogen) atoms. The largest absolute Gasteiger partial charge is 0.497 e. The first kappa shape index (κ1) is 19.2. The Morgan fingerprint density at radius 2 is 1.36 bits per heavy atom. The molecule has 0 fully saturated rings. The summed E-state index contributed by atoms with van der Waals surface area (Å²) in [5, 5.41) is 2.96. The Morgan fingerprint density at radius 3 is 1.79 bits per heavy atom. The van der Waals surface area contributed by atoms with E-state index in [1.54, 1.807) is 27.2 Å². The second-order valence-electron chi connectivity index (χ2n) is 6.34. The van der Waals surface area contributed by atoms with Crippen LogP contribution in [0.1, 0.15) is 33.2 Å². The molecular weight excluding hydrogens is 356 g/mol. The molecule has 2 aromatic carbocycles. The van der Waals surface area contributed by atoms with E-state index in [-0.39, 0.29) is 5.56 Å². The molecule has 0 bridgehead atoms. The Kier molecular flexibility index (Phi) is 5.79. The van der Waals surface area contributed by atoms with Gasteiger partial charge < -0.3 is 19.8 Å². The third kappa shape index (κ3) is 4.23. The van der Waals surface area contributed by atoms with Gasteiger partial charge in [-0.1, -0.05) is 24.3 Å². The third-order valence-electron chi connectivity index (χ3n) is 4.47. The minimum absolute atomic E-state index is 0.0672. The normalized spacial score (nSPS) is 10.6. The summed E-state index contributed by atoms with van der Waals surface area (Å²) in [6.07, 6.45) is 0. The van der Waals surface area contributed by atoms with Gasteiger partial charge in [0.1, 0.15) is 17.1 Å². The molecule has 6 nitrogen and oxygen atoms in total. The van der Waals surface area contributed by atoms with E-state index in [1.807, 2.05) is 48.5 Å². The van der Waals surface area contributed by atoms with E-state index in [9.17, 15) is 9.59 Å². The molecule has 0 saturated carbocycles. The molecule has 0 atom stereocenters. The Hall–Kier alpha value is -3.54. The van der Waals surface area contributed by atoms with E-state index in [2.05, 4.69) is 10.3 Å². The molecule has 1 aromatic heterocycles. The van der Waals surface area contributed by atoms with Crippen molar-refractivity contribution in [2.24, 2.45) is 0 Å². The number of H-pyrrole nitrogens is 1. The van der Waals surface area contributed by atoms with Crippen LogP contribution < -0.4 is 20.3 Å². The highest BCUT2D eigenvalue weighted by Crippen LogP contribution is 2.26. The van der Waals surface area contributed by atoms with Gasteiger partial charge in [0.05, 0.1) is 20.3 Å². The summed E-state index contributed by atoms with van der Waals surface area (Å²) >= 11 is 0. The first-order chi connectivity index (χ1) is 13.5. The van der Waals surface area contributed by atoms with Crippen LogP contribution in [-0.4, -0.2) is 25.1 Å². The molecule has 3 aromatic rings. The van der Waals surface area contributed by atoms with Crippen molar-refractivity contribution in [3.63, 3.8) is 0 Å². The second-order valence-corrected chi connectivity index (χ2v) is 6.34. The number of pyridine rings is 1. The monoisotopic (exact) mass is 378 g/mol. The third-order valence-corrected chi connectivity index (χ3v) is 4.47. The van der Waals surface area contributed by atoms with Gasteiger partial charge in [-0.05, 0) is 54.4 Å². The Morgan fingerprint density at radius 1 is 0.857 bits per heavy atom. The molecule has 0 aliphatic rings. The fourth-order valence-electron chi connectivity index (χ4n) is 2.91. The van der Waals surface area contributed by atoms with E-state index in [0.717, 1.165) is 22.6 Å². The molecule has 2 N–H and O–H groups in total. The van der Waals surface area contributed by atoms with Gasteiger partial charge in [0.15, 0.2) is 0 Å². The quantitative estimate of drug-likeness (QED) is 0.690. The van der Waals surface area contributed by atoms with Crippen molar-refractivity contribution in [2.45, 2.75) is 13.0 Å². The van der Waals surface area contributed by atoms with Crippen LogP contribution >= 0.6 is 0 Å². The van der Waals surface area contributed by atoms with Crippen LogP contribution in [0.4, 0.5) is 0 Å². The number of carbonyl (C=O) groups is 1. The second kappa shape index (κ2) is 8.43. The zero-order chi connectivity index (χ0) is 20.1. The number of carbonyl (C=O) groups excluding carboxylic acids is 1. The maximum atomic E-state index is 12.8. The summed E-state index contributed by atoms with van der Waals surface area (Å²) in [5.74, 6) is 0.995.